The largest absolute Gasteiger partial charge is 0.370 e. The molecular formula is C11H14FN3. The fourth-order valence-corrected chi connectivity index (χ4v) is 1.86. The summed E-state index contributed by atoms with van der Waals surface area (Å²) >= 11 is 0. The van der Waals surface area contributed by atoms with Gasteiger partial charge < -0.3 is 10.6 Å². The molecule has 4 heteroatoms. The number of guanidine groups is 1. The molecule has 0 amide bonds. The zero-order chi connectivity index (χ0) is 11.1. The number of nitrogens with two attached hydrogens (primary N) is 1. The Balaban J connectivity index is 2.44. The molecule has 2 N–H and O–H groups in total. The molecule has 0 aliphatic carbocycles. The van der Waals surface area contributed by atoms with Crippen molar-refractivity contribution in [1.82, 2.24) is 4.90 Å². The first kappa shape index (κ1) is 9.96. The molecule has 0 saturated heterocycles. The highest BCUT2D eigenvalue weighted by molar-refractivity contribution is 5.81. The maximum absolute atomic E-state index is 13.7. The third kappa shape index (κ3) is 1.37. The average molecular weight is 207 g/mol. The Hall–Kier alpha value is -1.58. The topological polar surface area (TPSA) is 41.6 Å². The summed E-state index contributed by atoms with van der Waals surface area (Å²) in [6.45, 7) is 2.44. The van der Waals surface area contributed by atoms with E-state index in [1.165, 1.54) is 6.07 Å². The van der Waals surface area contributed by atoms with E-state index >= 15 is 0 Å². The summed E-state index contributed by atoms with van der Waals surface area (Å²) in [6, 6.07) is 6.75. The Labute approximate surface area is 88.4 Å². The highest BCUT2D eigenvalue weighted by Gasteiger charge is 2.38. The Morgan fingerprint density at radius 2 is 2.13 bits per heavy atom. The van der Waals surface area contributed by atoms with Crippen LogP contribution in [0.1, 0.15) is 12.5 Å². The number of nitrogens with zero attached hydrogens (tertiary/aromatic N) is 2. The second-order valence-corrected chi connectivity index (χ2v) is 3.99. The van der Waals surface area contributed by atoms with Gasteiger partial charge in [-0.1, -0.05) is 18.2 Å². The lowest BCUT2D eigenvalue weighted by Crippen LogP contribution is -2.45. The molecule has 0 bridgehead atoms. The second-order valence-electron chi connectivity index (χ2n) is 3.99. The van der Waals surface area contributed by atoms with Gasteiger partial charge in [-0.05, 0) is 13.0 Å². The van der Waals surface area contributed by atoms with Crippen molar-refractivity contribution in [1.29, 1.82) is 0 Å². The first-order valence-electron chi connectivity index (χ1n) is 4.84. The Bertz CT molecular complexity index is 416. The number of aliphatic imine (C=N–C) groups is 1. The van der Waals surface area contributed by atoms with Gasteiger partial charge in [-0.3, -0.25) is 4.99 Å². The molecule has 1 aromatic rings. The Morgan fingerprint density at radius 3 is 2.67 bits per heavy atom. The van der Waals surface area contributed by atoms with Crippen LogP contribution in [-0.2, 0) is 5.54 Å². The molecule has 0 saturated carbocycles. The molecule has 1 aliphatic rings. The van der Waals surface area contributed by atoms with E-state index in [2.05, 4.69) is 4.99 Å². The molecular weight excluding hydrogens is 193 g/mol. The van der Waals surface area contributed by atoms with Crippen molar-refractivity contribution in [2.75, 3.05) is 13.6 Å². The predicted octanol–water partition coefficient (Wildman–Crippen LogP) is 1.30. The van der Waals surface area contributed by atoms with Gasteiger partial charge in [0.25, 0.3) is 0 Å². The summed E-state index contributed by atoms with van der Waals surface area (Å²) in [5.74, 6) is 0.248. The minimum Gasteiger partial charge on any atom is -0.370 e. The molecule has 80 valence electrons. The van der Waals surface area contributed by atoms with Gasteiger partial charge in [0.1, 0.15) is 5.82 Å². The van der Waals surface area contributed by atoms with Crippen molar-refractivity contribution in [2.24, 2.45) is 10.7 Å². The number of hydrogen-bond donors (Lipinski definition) is 1. The normalized spacial score (nSPS) is 25.5. The van der Waals surface area contributed by atoms with Crippen LogP contribution in [0.3, 0.4) is 0 Å². The summed E-state index contributed by atoms with van der Waals surface area (Å²) in [4.78, 5) is 5.95. The molecule has 0 aromatic heterocycles. The number of likely N-dealkylation sites (N-methyl/N-ethyl adjacent to an activating group) is 1. The lowest BCUT2D eigenvalue weighted by atomic mass is 9.91. The monoisotopic (exact) mass is 207 g/mol. The summed E-state index contributed by atoms with van der Waals surface area (Å²) in [6.07, 6.45) is 0. The number of benzene rings is 1. The number of halogens is 1. The maximum atomic E-state index is 13.7. The lowest BCUT2D eigenvalue weighted by Gasteiger charge is -2.33. The van der Waals surface area contributed by atoms with E-state index < -0.39 is 5.54 Å². The van der Waals surface area contributed by atoms with Crippen molar-refractivity contribution in [3.63, 3.8) is 0 Å². The SMILES string of the molecule is CN1C(N)=NCC1(C)c1ccccc1F. The average Bonchev–Trinajstić information content (AvgIpc) is 2.48. The molecule has 0 fully saturated rings. The van der Waals surface area contributed by atoms with E-state index in [-0.39, 0.29) is 5.82 Å². The molecule has 0 radical (unpaired) electrons. The van der Waals surface area contributed by atoms with Crippen LogP contribution in [0, 0.1) is 5.82 Å². The summed E-state index contributed by atoms with van der Waals surface area (Å²) < 4.78 is 13.7. The predicted molar refractivity (Wildman–Crippen MR) is 58.0 cm³/mol. The van der Waals surface area contributed by atoms with Crippen LogP contribution in [-0.4, -0.2) is 24.5 Å². The van der Waals surface area contributed by atoms with E-state index in [9.17, 15) is 4.39 Å². The first-order valence-corrected chi connectivity index (χ1v) is 4.84. The molecule has 1 aliphatic heterocycles. The molecule has 2 rings (SSSR count). The van der Waals surface area contributed by atoms with Gasteiger partial charge in [-0.2, -0.15) is 0 Å². The van der Waals surface area contributed by atoms with Gasteiger partial charge in [0.05, 0.1) is 12.1 Å². The molecule has 0 spiro atoms. The molecule has 15 heavy (non-hydrogen) atoms. The van der Waals surface area contributed by atoms with Crippen LogP contribution in [0.25, 0.3) is 0 Å². The Morgan fingerprint density at radius 1 is 1.47 bits per heavy atom. The van der Waals surface area contributed by atoms with Gasteiger partial charge in [-0.25, -0.2) is 4.39 Å². The van der Waals surface area contributed by atoms with Crippen LogP contribution in [0.5, 0.6) is 0 Å². The Kier molecular flexibility index (Phi) is 2.14. The van der Waals surface area contributed by atoms with Gasteiger partial charge in [0.15, 0.2) is 5.96 Å². The highest BCUT2D eigenvalue weighted by atomic mass is 19.1. The van der Waals surface area contributed by atoms with Crippen molar-refractivity contribution in [3.05, 3.63) is 35.6 Å². The highest BCUT2D eigenvalue weighted by Crippen LogP contribution is 2.32. The molecule has 1 unspecified atom stereocenters. The first-order chi connectivity index (χ1) is 7.05. The zero-order valence-electron chi connectivity index (χ0n) is 8.87. The van der Waals surface area contributed by atoms with E-state index in [1.54, 1.807) is 12.1 Å². The van der Waals surface area contributed by atoms with Crippen molar-refractivity contribution >= 4 is 5.96 Å². The van der Waals surface area contributed by atoms with Gasteiger partial charge in [0.2, 0.25) is 0 Å². The molecule has 1 atom stereocenters. The zero-order valence-corrected chi connectivity index (χ0v) is 8.87. The lowest BCUT2D eigenvalue weighted by molar-refractivity contribution is 0.258. The standard InChI is InChI=1S/C11H14FN3/c1-11(7-14-10(13)15(11)2)8-5-3-4-6-9(8)12/h3-6H,7H2,1-2H3,(H2,13,14). The summed E-state index contributed by atoms with van der Waals surface area (Å²) in [5, 5.41) is 0. The van der Waals surface area contributed by atoms with Crippen LogP contribution in [0.2, 0.25) is 0 Å². The molecule has 1 aromatic carbocycles. The molecule has 3 nitrogen and oxygen atoms in total. The third-order valence-corrected chi connectivity index (χ3v) is 3.09. The fourth-order valence-electron chi connectivity index (χ4n) is 1.86. The minimum absolute atomic E-state index is 0.211. The maximum Gasteiger partial charge on any atom is 0.191 e. The van der Waals surface area contributed by atoms with Gasteiger partial charge in [0, 0.05) is 12.6 Å². The van der Waals surface area contributed by atoms with E-state index in [1.807, 2.05) is 24.9 Å². The van der Waals surface area contributed by atoms with Gasteiger partial charge >= 0.3 is 0 Å². The second kappa shape index (κ2) is 3.22. The van der Waals surface area contributed by atoms with Gasteiger partial charge in [-0.15, -0.1) is 0 Å². The number of hydrogen-bond acceptors (Lipinski definition) is 3. The van der Waals surface area contributed by atoms with E-state index in [0.29, 0.717) is 18.1 Å². The van der Waals surface area contributed by atoms with Crippen LogP contribution in [0.15, 0.2) is 29.3 Å². The van der Waals surface area contributed by atoms with Crippen LogP contribution >= 0.6 is 0 Å². The smallest absolute Gasteiger partial charge is 0.191 e. The van der Waals surface area contributed by atoms with Crippen molar-refractivity contribution < 1.29 is 4.39 Å². The molecule has 1 heterocycles. The summed E-state index contributed by atoms with van der Waals surface area (Å²) in [5.41, 5.74) is 5.87. The van der Waals surface area contributed by atoms with E-state index in [0.717, 1.165) is 0 Å². The quantitative estimate of drug-likeness (QED) is 0.754. The fraction of sp³-hybridized carbons (Fsp3) is 0.364. The number of rotatable bonds is 1. The van der Waals surface area contributed by atoms with Crippen molar-refractivity contribution in [2.45, 2.75) is 12.5 Å². The van der Waals surface area contributed by atoms with Crippen LogP contribution in [0.4, 0.5) is 4.39 Å². The summed E-state index contributed by atoms with van der Waals surface area (Å²) in [7, 11) is 1.83. The third-order valence-electron chi connectivity index (χ3n) is 3.09. The minimum atomic E-state index is -0.463. The van der Waals surface area contributed by atoms with Crippen molar-refractivity contribution in [3.8, 4) is 0 Å². The van der Waals surface area contributed by atoms with E-state index in [4.69, 9.17) is 5.73 Å². The van der Waals surface area contributed by atoms with Crippen LogP contribution < -0.4 is 5.73 Å².